The lowest BCUT2D eigenvalue weighted by Gasteiger charge is -2.02. The first-order valence-electron chi connectivity index (χ1n) is 4.70. The van der Waals surface area contributed by atoms with Gasteiger partial charge < -0.3 is 0 Å². The Balaban J connectivity index is 2.02. The van der Waals surface area contributed by atoms with Gasteiger partial charge in [0.1, 0.15) is 11.0 Å². The molecule has 0 atom stereocenters. The van der Waals surface area contributed by atoms with Gasteiger partial charge in [0.25, 0.3) is 0 Å². The van der Waals surface area contributed by atoms with Crippen molar-refractivity contribution in [2.75, 3.05) is 0 Å². The van der Waals surface area contributed by atoms with E-state index in [1.807, 2.05) is 24.3 Å². The highest BCUT2D eigenvalue weighted by atomic mass is 127. The van der Waals surface area contributed by atoms with Crippen LogP contribution in [0, 0.1) is 3.57 Å². The molecule has 0 fully saturated rings. The van der Waals surface area contributed by atoms with E-state index in [-0.39, 0.29) is 0 Å². The van der Waals surface area contributed by atoms with Crippen LogP contribution in [0.5, 0.6) is 0 Å². The van der Waals surface area contributed by atoms with Gasteiger partial charge in [0, 0.05) is 16.1 Å². The van der Waals surface area contributed by atoms with Gasteiger partial charge in [-0.15, -0.1) is 11.8 Å². The lowest BCUT2D eigenvalue weighted by molar-refractivity contribution is 1.02. The summed E-state index contributed by atoms with van der Waals surface area (Å²) in [4.78, 5) is 9.56. The fourth-order valence-electron chi connectivity index (χ4n) is 1.13. The van der Waals surface area contributed by atoms with Crippen molar-refractivity contribution in [1.29, 1.82) is 0 Å². The Morgan fingerprint density at radius 1 is 1.18 bits per heavy atom. The van der Waals surface area contributed by atoms with Crippen molar-refractivity contribution in [3.8, 4) is 0 Å². The molecule has 1 aromatic carbocycles. The maximum atomic E-state index is 5.93. The van der Waals surface area contributed by atoms with Crippen LogP contribution in [0.25, 0.3) is 0 Å². The third-order valence-electron chi connectivity index (χ3n) is 1.93. The normalized spacial score (nSPS) is 10.5. The topological polar surface area (TPSA) is 25.8 Å². The molecule has 6 heteroatoms. The predicted molar refractivity (Wildman–Crippen MR) is 80.8 cm³/mol. The van der Waals surface area contributed by atoms with Crippen molar-refractivity contribution in [1.82, 2.24) is 9.97 Å². The zero-order valence-electron chi connectivity index (χ0n) is 8.53. The molecule has 0 saturated carbocycles. The van der Waals surface area contributed by atoms with Crippen molar-refractivity contribution < 1.29 is 0 Å². The summed E-state index contributed by atoms with van der Waals surface area (Å²) in [5, 5.41) is 1.25. The zero-order valence-corrected chi connectivity index (χ0v) is 13.0. The number of halogens is 3. The first-order valence-corrected chi connectivity index (χ1v) is 7.52. The highest BCUT2D eigenvalue weighted by molar-refractivity contribution is 14.1. The van der Waals surface area contributed by atoms with Crippen LogP contribution in [0.2, 0.25) is 10.2 Å². The molecule has 2 rings (SSSR count). The molecule has 2 nitrogen and oxygen atoms in total. The summed E-state index contributed by atoms with van der Waals surface area (Å²) in [7, 11) is 0. The lowest BCUT2D eigenvalue weighted by Crippen LogP contribution is -1.94. The van der Waals surface area contributed by atoms with E-state index >= 15 is 0 Å². The van der Waals surface area contributed by atoms with Gasteiger partial charge >= 0.3 is 0 Å². The van der Waals surface area contributed by atoms with E-state index in [0.717, 1.165) is 19.3 Å². The van der Waals surface area contributed by atoms with Gasteiger partial charge in [-0.05, 0) is 46.9 Å². The second kappa shape index (κ2) is 6.22. The largest absolute Gasteiger partial charge is 0.239 e. The number of hydrogen-bond acceptors (Lipinski definition) is 3. The molecule has 0 aliphatic heterocycles. The molecule has 88 valence electrons. The van der Waals surface area contributed by atoms with E-state index in [4.69, 9.17) is 23.2 Å². The predicted octanol–water partition coefficient (Wildman–Crippen LogP) is 4.68. The maximum absolute atomic E-state index is 5.93. The number of hydrogen-bond donors (Lipinski definition) is 0. The van der Waals surface area contributed by atoms with Gasteiger partial charge in [0.05, 0.1) is 9.32 Å². The molecule has 0 N–H and O–H groups in total. The second-order valence-electron chi connectivity index (χ2n) is 3.17. The Morgan fingerprint density at radius 3 is 2.53 bits per heavy atom. The van der Waals surface area contributed by atoms with Gasteiger partial charge in [0.2, 0.25) is 0 Å². The van der Waals surface area contributed by atoms with E-state index < -0.39 is 0 Å². The van der Waals surface area contributed by atoms with Crippen LogP contribution in [-0.4, -0.2) is 9.97 Å². The molecule has 0 amide bonds. The van der Waals surface area contributed by atoms with Crippen LogP contribution >= 0.6 is 57.6 Å². The minimum Gasteiger partial charge on any atom is -0.239 e. The fraction of sp³-hybridized carbons (Fsp3) is 0.0909. The molecule has 0 unspecified atom stereocenters. The van der Waals surface area contributed by atoms with Gasteiger partial charge in [0.15, 0.2) is 0 Å². The van der Waals surface area contributed by atoms with Crippen molar-refractivity contribution in [2.45, 2.75) is 10.6 Å². The van der Waals surface area contributed by atoms with E-state index in [0.29, 0.717) is 10.9 Å². The van der Waals surface area contributed by atoms with Crippen LogP contribution in [0.1, 0.15) is 5.82 Å². The van der Waals surface area contributed by atoms with Gasteiger partial charge in [-0.25, -0.2) is 9.97 Å². The Kier molecular flexibility index (Phi) is 4.90. The third kappa shape index (κ3) is 3.98. The SMILES string of the molecule is Clc1ccc(SCc2ncc(I)c(Cl)n2)cc1. The maximum Gasteiger partial charge on any atom is 0.146 e. The smallest absolute Gasteiger partial charge is 0.146 e. The summed E-state index contributed by atoms with van der Waals surface area (Å²) in [6, 6.07) is 7.68. The monoisotopic (exact) mass is 396 g/mol. The third-order valence-corrected chi connectivity index (χ3v) is 4.59. The average molecular weight is 397 g/mol. The summed E-state index contributed by atoms with van der Waals surface area (Å²) in [6.45, 7) is 0. The van der Waals surface area contributed by atoms with Crippen molar-refractivity contribution in [3.63, 3.8) is 0 Å². The fourth-order valence-corrected chi connectivity index (χ4v) is 2.42. The molecule has 0 radical (unpaired) electrons. The van der Waals surface area contributed by atoms with Crippen LogP contribution in [0.4, 0.5) is 0 Å². The Labute approximate surface area is 127 Å². The second-order valence-corrected chi connectivity index (χ2v) is 6.17. The quantitative estimate of drug-likeness (QED) is 0.428. The molecule has 1 heterocycles. The minimum atomic E-state index is 0.507. The molecule has 0 bridgehead atoms. The number of thioether (sulfide) groups is 1. The number of benzene rings is 1. The first kappa shape index (κ1) is 13.4. The molecule has 2 aromatic rings. The summed E-state index contributed by atoms with van der Waals surface area (Å²) in [6.07, 6.45) is 1.73. The Bertz CT molecular complexity index is 519. The molecule has 0 saturated heterocycles. The van der Waals surface area contributed by atoms with Crippen molar-refractivity contribution >= 4 is 57.6 Å². The van der Waals surface area contributed by atoms with E-state index in [1.54, 1.807) is 18.0 Å². The Hall–Kier alpha value is -0.0400. The summed E-state index contributed by atoms with van der Waals surface area (Å²) in [5.41, 5.74) is 0. The number of nitrogens with zero attached hydrogens (tertiary/aromatic N) is 2. The van der Waals surface area contributed by atoms with Crippen molar-refractivity contribution in [3.05, 3.63) is 50.0 Å². The Morgan fingerprint density at radius 2 is 1.88 bits per heavy atom. The molecule has 0 spiro atoms. The van der Waals surface area contributed by atoms with Crippen LogP contribution in [0.15, 0.2) is 35.4 Å². The number of rotatable bonds is 3. The van der Waals surface area contributed by atoms with Crippen molar-refractivity contribution in [2.24, 2.45) is 0 Å². The first-order chi connectivity index (χ1) is 8.15. The van der Waals surface area contributed by atoms with E-state index in [9.17, 15) is 0 Å². The highest BCUT2D eigenvalue weighted by Crippen LogP contribution is 2.24. The lowest BCUT2D eigenvalue weighted by atomic mass is 10.4. The molecular weight excluding hydrogens is 390 g/mol. The molecule has 0 aliphatic carbocycles. The van der Waals surface area contributed by atoms with Gasteiger partial charge in [-0.3, -0.25) is 0 Å². The van der Waals surface area contributed by atoms with Crippen LogP contribution in [0.3, 0.4) is 0 Å². The average Bonchev–Trinajstić information content (AvgIpc) is 2.33. The van der Waals surface area contributed by atoms with Crippen LogP contribution in [-0.2, 0) is 5.75 Å². The summed E-state index contributed by atoms with van der Waals surface area (Å²) < 4.78 is 0.865. The van der Waals surface area contributed by atoms with E-state index in [2.05, 4.69) is 32.6 Å². The summed E-state index contributed by atoms with van der Waals surface area (Å²) in [5.74, 6) is 1.42. The standard InChI is InChI=1S/C11H7Cl2IN2S/c12-7-1-3-8(4-2-7)17-6-10-15-5-9(14)11(13)16-10/h1-5H,6H2. The van der Waals surface area contributed by atoms with Crippen LogP contribution < -0.4 is 0 Å². The minimum absolute atomic E-state index is 0.507. The van der Waals surface area contributed by atoms with Gasteiger partial charge in [-0.1, -0.05) is 23.2 Å². The zero-order chi connectivity index (χ0) is 12.3. The number of aromatic nitrogens is 2. The molecule has 17 heavy (non-hydrogen) atoms. The molecule has 0 aliphatic rings. The molecular formula is C11H7Cl2IN2S. The van der Waals surface area contributed by atoms with Gasteiger partial charge in [-0.2, -0.15) is 0 Å². The van der Waals surface area contributed by atoms with E-state index in [1.165, 1.54) is 0 Å². The summed E-state index contributed by atoms with van der Waals surface area (Å²) >= 11 is 15.5. The highest BCUT2D eigenvalue weighted by Gasteiger charge is 2.03. The molecule has 1 aromatic heterocycles.